The van der Waals surface area contributed by atoms with Crippen LogP contribution in [0.1, 0.15) is 18.4 Å². The number of benzene rings is 1. The zero-order valence-electron chi connectivity index (χ0n) is 10.6. The summed E-state index contributed by atoms with van der Waals surface area (Å²) in [6.07, 6.45) is 3.64. The Kier molecular flexibility index (Phi) is 2.51. The number of piperidine rings is 1. The minimum absolute atomic E-state index is 0.347. The first-order valence-corrected chi connectivity index (χ1v) is 6.37. The van der Waals surface area contributed by atoms with Gasteiger partial charge in [0.05, 0.1) is 7.11 Å². The smallest absolute Gasteiger partial charge is 0.119 e. The molecule has 2 heterocycles. The van der Waals surface area contributed by atoms with Crippen molar-refractivity contribution in [3.05, 3.63) is 23.8 Å². The van der Waals surface area contributed by atoms with E-state index in [0.29, 0.717) is 5.54 Å². The van der Waals surface area contributed by atoms with Crippen molar-refractivity contribution >= 4 is 5.69 Å². The van der Waals surface area contributed by atoms with Gasteiger partial charge in [0, 0.05) is 18.3 Å². The first-order valence-electron chi connectivity index (χ1n) is 6.37. The van der Waals surface area contributed by atoms with Crippen LogP contribution in [0.3, 0.4) is 0 Å². The minimum atomic E-state index is 0.347. The van der Waals surface area contributed by atoms with Gasteiger partial charge in [-0.05, 0) is 56.1 Å². The van der Waals surface area contributed by atoms with E-state index in [4.69, 9.17) is 4.74 Å². The molecule has 0 radical (unpaired) electrons. The largest absolute Gasteiger partial charge is 0.497 e. The second-order valence-electron chi connectivity index (χ2n) is 5.20. The van der Waals surface area contributed by atoms with E-state index in [9.17, 15) is 0 Å². The fraction of sp³-hybridized carbons (Fsp3) is 0.571. The maximum Gasteiger partial charge on any atom is 0.119 e. The van der Waals surface area contributed by atoms with Crippen molar-refractivity contribution in [1.29, 1.82) is 0 Å². The molecule has 1 aromatic rings. The van der Waals surface area contributed by atoms with Gasteiger partial charge in [-0.2, -0.15) is 0 Å². The normalized spacial score (nSPS) is 21.6. The van der Waals surface area contributed by atoms with Crippen LogP contribution in [-0.2, 0) is 6.42 Å². The van der Waals surface area contributed by atoms with Crippen molar-refractivity contribution in [3.8, 4) is 5.75 Å². The monoisotopic (exact) mass is 232 g/mol. The molecule has 0 unspecified atom stereocenters. The summed E-state index contributed by atoms with van der Waals surface area (Å²) in [5, 5.41) is 3.45. The number of nitrogens with one attached hydrogen (secondary N) is 1. The van der Waals surface area contributed by atoms with Crippen LogP contribution in [0.15, 0.2) is 18.2 Å². The van der Waals surface area contributed by atoms with E-state index in [1.54, 1.807) is 7.11 Å². The fourth-order valence-electron chi connectivity index (χ4n) is 3.29. The molecule has 0 aromatic heterocycles. The van der Waals surface area contributed by atoms with Gasteiger partial charge in [-0.25, -0.2) is 0 Å². The predicted molar refractivity (Wildman–Crippen MR) is 69.9 cm³/mol. The van der Waals surface area contributed by atoms with Gasteiger partial charge >= 0.3 is 0 Å². The van der Waals surface area contributed by atoms with Gasteiger partial charge in [-0.3, -0.25) is 0 Å². The van der Waals surface area contributed by atoms with Crippen LogP contribution in [0.4, 0.5) is 5.69 Å². The zero-order valence-corrected chi connectivity index (χ0v) is 10.6. The molecule has 1 saturated heterocycles. The highest BCUT2D eigenvalue weighted by molar-refractivity contribution is 5.63. The Morgan fingerprint density at radius 1 is 1.29 bits per heavy atom. The molecule has 0 saturated carbocycles. The molecule has 92 valence electrons. The topological polar surface area (TPSA) is 24.5 Å². The average Bonchev–Trinajstić information content (AvgIpc) is 2.63. The quantitative estimate of drug-likeness (QED) is 0.799. The number of ether oxygens (including phenoxy) is 1. The summed E-state index contributed by atoms with van der Waals surface area (Å²) in [7, 11) is 3.98. The Hall–Kier alpha value is -1.22. The maximum atomic E-state index is 5.32. The summed E-state index contributed by atoms with van der Waals surface area (Å²) in [4.78, 5) is 2.49. The minimum Gasteiger partial charge on any atom is -0.497 e. The standard InChI is InChI=1S/C14H20N2O/c1-16-13-4-3-12(17-2)9-11(13)10-14(16)5-7-15-8-6-14/h3-4,9,15H,5-8,10H2,1-2H3. The van der Waals surface area contributed by atoms with Gasteiger partial charge in [-0.15, -0.1) is 0 Å². The summed E-state index contributed by atoms with van der Waals surface area (Å²) >= 11 is 0. The van der Waals surface area contributed by atoms with Crippen molar-refractivity contribution in [2.75, 3.05) is 32.1 Å². The number of nitrogens with zero attached hydrogens (tertiary/aromatic N) is 1. The molecule has 0 aliphatic carbocycles. The number of rotatable bonds is 1. The Morgan fingerprint density at radius 3 is 2.76 bits per heavy atom. The van der Waals surface area contributed by atoms with Crippen molar-refractivity contribution in [1.82, 2.24) is 5.32 Å². The lowest BCUT2D eigenvalue weighted by atomic mass is 9.85. The Morgan fingerprint density at radius 2 is 2.06 bits per heavy atom. The van der Waals surface area contributed by atoms with Gasteiger partial charge in [-0.1, -0.05) is 0 Å². The van der Waals surface area contributed by atoms with E-state index in [2.05, 4.69) is 35.5 Å². The number of hydrogen-bond acceptors (Lipinski definition) is 3. The van der Waals surface area contributed by atoms with Crippen molar-refractivity contribution in [3.63, 3.8) is 0 Å². The average molecular weight is 232 g/mol. The second-order valence-corrected chi connectivity index (χ2v) is 5.20. The molecule has 0 bridgehead atoms. The van der Waals surface area contributed by atoms with E-state index >= 15 is 0 Å². The lowest BCUT2D eigenvalue weighted by Gasteiger charge is -2.41. The number of fused-ring (bicyclic) bond motifs is 1. The fourth-order valence-corrected chi connectivity index (χ4v) is 3.29. The molecule has 3 rings (SSSR count). The second kappa shape index (κ2) is 3.91. The molecular formula is C14H20N2O. The Balaban J connectivity index is 1.95. The third kappa shape index (κ3) is 1.61. The molecule has 0 atom stereocenters. The summed E-state index contributed by atoms with van der Waals surface area (Å²) in [5.41, 5.74) is 3.17. The number of methoxy groups -OCH3 is 1. The van der Waals surface area contributed by atoms with Gasteiger partial charge in [0.1, 0.15) is 5.75 Å². The van der Waals surface area contributed by atoms with Crippen molar-refractivity contribution in [2.24, 2.45) is 0 Å². The van der Waals surface area contributed by atoms with Crippen LogP contribution in [0.2, 0.25) is 0 Å². The van der Waals surface area contributed by atoms with Crippen LogP contribution < -0.4 is 15.0 Å². The SMILES string of the molecule is COc1ccc2c(c1)CC1(CCNCC1)N2C. The van der Waals surface area contributed by atoms with E-state index in [1.807, 2.05) is 0 Å². The van der Waals surface area contributed by atoms with Gasteiger partial charge in [0.2, 0.25) is 0 Å². The molecule has 1 aromatic carbocycles. The number of hydrogen-bond donors (Lipinski definition) is 1. The zero-order chi connectivity index (χ0) is 11.9. The molecule has 17 heavy (non-hydrogen) atoms. The molecule has 1 fully saturated rings. The molecule has 2 aliphatic rings. The highest BCUT2D eigenvalue weighted by Gasteiger charge is 2.42. The third-order valence-corrected chi connectivity index (χ3v) is 4.41. The van der Waals surface area contributed by atoms with Gasteiger partial charge in [0.15, 0.2) is 0 Å². The predicted octanol–water partition coefficient (Wildman–Crippen LogP) is 1.81. The van der Waals surface area contributed by atoms with E-state index in [-0.39, 0.29) is 0 Å². The third-order valence-electron chi connectivity index (χ3n) is 4.41. The van der Waals surface area contributed by atoms with E-state index < -0.39 is 0 Å². The van der Waals surface area contributed by atoms with Crippen LogP contribution in [0.25, 0.3) is 0 Å². The molecule has 1 N–H and O–H groups in total. The van der Waals surface area contributed by atoms with Crippen LogP contribution in [0.5, 0.6) is 5.75 Å². The van der Waals surface area contributed by atoms with Crippen molar-refractivity contribution in [2.45, 2.75) is 24.8 Å². The van der Waals surface area contributed by atoms with Gasteiger partial charge in [0.25, 0.3) is 0 Å². The Labute approximate surface area is 103 Å². The Bertz CT molecular complexity index is 424. The van der Waals surface area contributed by atoms with Gasteiger partial charge < -0.3 is 15.0 Å². The van der Waals surface area contributed by atoms with Crippen LogP contribution >= 0.6 is 0 Å². The lowest BCUT2D eigenvalue weighted by molar-refractivity contribution is 0.310. The summed E-state index contributed by atoms with van der Waals surface area (Å²) in [5.74, 6) is 0.975. The number of likely N-dealkylation sites (N-methyl/N-ethyl adjacent to an activating group) is 1. The van der Waals surface area contributed by atoms with Crippen LogP contribution in [0, 0.1) is 0 Å². The lowest BCUT2D eigenvalue weighted by Crippen LogP contribution is -2.51. The van der Waals surface area contributed by atoms with Crippen molar-refractivity contribution < 1.29 is 4.74 Å². The molecule has 3 nitrogen and oxygen atoms in total. The highest BCUT2D eigenvalue weighted by atomic mass is 16.5. The summed E-state index contributed by atoms with van der Waals surface area (Å²) in [6.45, 7) is 2.27. The molecular weight excluding hydrogens is 212 g/mol. The molecule has 0 amide bonds. The first kappa shape index (κ1) is 10.9. The molecule has 2 aliphatic heterocycles. The summed E-state index contributed by atoms with van der Waals surface area (Å²) in [6, 6.07) is 6.46. The van der Waals surface area contributed by atoms with E-state index in [1.165, 1.54) is 24.1 Å². The molecule has 3 heteroatoms. The highest BCUT2D eigenvalue weighted by Crippen LogP contribution is 2.43. The molecule has 1 spiro atoms. The van der Waals surface area contributed by atoms with E-state index in [0.717, 1.165) is 25.3 Å². The first-order chi connectivity index (χ1) is 8.25. The van der Waals surface area contributed by atoms with Crippen LogP contribution in [-0.4, -0.2) is 32.8 Å². The maximum absolute atomic E-state index is 5.32. The number of anilines is 1. The summed E-state index contributed by atoms with van der Waals surface area (Å²) < 4.78 is 5.32.